The van der Waals surface area contributed by atoms with Crippen LogP contribution in [0.4, 0.5) is 0 Å². The molecule has 52 heavy (non-hydrogen) atoms. The molecule has 5 rings (SSSR count). The van der Waals surface area contributed by atoms with E-state index in [-0.39, 0.29) is 34.3 Å². The average molecular weight is 745 g/mol. The topological polar surface area (TPSA) is 55.4 Å². The summed E-state index contributed by atoms with van der Waals surface area (Å²) in [5.41, 5.74) is 2.38. The van der Waals surface area contributed by atoms with Gasteiger partial charge >= 0.3 is 0 Å². The highest BCUT2D eigenvalue weighted by Crippen LogP contribution is 2.46. The number of benzene rings is 3. The van der Waals surface area contributed by atoms with Crippen LogP contribution in [0.25, 0.3) is 0 Å². The molecule has 284 valence electrons. The second-order valence-electron chi connectivity index (χ2n) is 17.6. The third kappa shape index (κ3) is 9.03. The van der Waals surface area contributed by atoms with E-state index in [1.807, 2.05) is 12.1 Å². The van der Waals surface area contributed by atoms with Crippen LogP contribution in [0.2, 0.25) is 23.2 Å². The summed E-state index contributed by atoms with van der Waals surface area (Å²) < 4.78 is 40.7. The summed E-state index contributed by atoms with van der Waals surface area (Å²) in [5.74, 6) is -0.0213. The van der Waals surface area contributed by atoms with E-state index < -0.39 is 22.4 Å². The maximum Gasteiger partial charge on any atom is 0.261 e. The Morgan fingerprint density at radius 2 is 1.40 bits per heavy atom. The van der Waals surface area contributed by atoms with E-state index in [4.69, 9.17) is 27.8 Å². The standard InChI is InChI=1S/C44H64O6Si2/c1-33-28-40(34(2)30-46-31-35-22-24-36(45-9)25-23-35)49-44(29-33)41(50-51(10,11)42(3,4)5)27-26-37(48-44)32-47-52(43(6,7)8,38-18-14-12-15-19-38)39-20-16-13-17-21-39/h12-25,29,34,37,40-41H,26-28,30-32H2,1-11H3/t34-,37+,40+,41-,44-/m1/s1. The molecule has 0 amide bonds. The fourth-order valence-electron chi connectivity index (χ4n) is 7.48. The van der Waals surface area contributed by atoms with Crippen molar-refractivity contribution < 1.29 is 27.8 Å². The summed E-state index contributed by atoms with van der Waals surface area (Å²) in [4.78, 5) is 0. The molecule has 1 spiro atoms. The largest absolute Gasteiger partial charge is 0.497 e. The summed E-state index contributed by atoms with van der Waals surface area (Å²) in [6.45, 7) is 24.5. The smallest absolute Gasteiger partial charge is 0.261 e. The van der Waals surface area contributed by atoms with Crippen LogP contribution >= 0.6 is 0 Å². The molecule has 1 fully saturated rings. The Morgan fingerprint density at radius 1 is 0.808 bits per heavy atom. The summed E-state index contributed by atoms with van der Waals surface area (Å²) in [5, 5.41) is 2.46. The van der Waals surface area contributed by atoms with Crippen LogP contribution in [0.15, 0.2) is 96.6 Å². The lowest BCUT2D eigenvalue weighted by Gasteiger charge is -2.52. The molecule has 2 heterocycles. The van der Waals surface area contributed by atoms with Crippen molar-refractivity contribution in [1.29, 1.82) is 0 Å². The van der Waals surface area contributed by atoms with Gasteiger partial charge in [0.15, 0.2) is 8.32 Å². The van der Waals surface area contributed by atoms with Gasteiger partial charge < -0.3 is 27.8 Å². The van der Waals surface area contributed by atoms with Gasteiger partial charge in [-0.25, -0.2) is 0 Å². The minimum Gasteiger partial charge on any atom is -0.497 e. The molecular weight excluding hydrogens is 681 g/mol. The molecule has 0 saturated carbocycles. The van der Waals surface area contributed by atoms with E-state index in [2.05, 4.69) is 147 Å². The SMILES string of the molecule is COc1ccc(COC[C@@H](C)[C@@H]2CC(C)=C[C@@]3(O[C@H](CO[Si](c4ccccc4)(c4ccccc4)C(C)(C)C)CC[C@H]3O[Si](C)(C)C(C)(C)C)O2)cc1. The van der Waals surface area contributed by atoms with Crippen LogP contribution in [-0.4, -0.2) is 61.1 Å². The normalized spacial score (nSPS) is 23.7. The number of rotatable bonds is 13. The lowest BCUT2D eigenvalue weighted by Crippen LogP contribution is -2.67. The van der Waals surface area contributed by atoms with Gasteiger partial charge in [-0.05, 0) is 83.5 Å². The molecule has 1 saturated heterocycles. The van der Waals surface area contributed by atoms with E-state index in [0.717, 1.165) is 30.6 Å². The van der Waals surface area contributed by atoms with Crippen LogP contribution in [0.5, 0.6) is 5.75 Å². The lowest BCUT2D eigenvalue weighted by molar-refractivity contribution is -0.318. The summed E-state index contributed by atoms with van der Waals surface area (Å²) in [6.07, 6.45) is 4.26. The lowest BCUT2D eigenvalue weighted by atomic mass is 9.89. The number of ether oxygens (including phenoxy) is 4. The van der Waals surface area contributed by atoms with Crippen molar-refractivity contribution in [3.8, 4) is 5.75 Å². The summed E-state index contributed by atoms with van der Waals surface area (Å²) >= 11 is 0. The third-order valence-corrected chi connectivity index (χ3v) is 20.9. The molecule has 0 radical (unpaired) electrons. The fraction of sp³-hybridized carbons (Fsp3) is 0.545. The Bertz CT molecular complexity index is 1560. The maximum atomic E-state index is 7.42. The quantitative estimate of drug-likeness (QED) is 0.129. The van der Waals surface area contributed by atoms with Crippen molar-refractivity contribution in [3.05, 3.63) is 102 Å². The Kier molecular flexibility index (Phi) is 12.8. The molecular formula is C44H64O6Si2. The van der Waals surface area contributed by atoms with Gasteiger partial charge in [0.25, 0.3) is 8.32 Å². The molecule has 8 heteroatoms. The Hall–Kier alpha value is -2.57. The highest BCUT2D eigenvalue weighted by atomic mass is 28.4. The Balaban J connectivity index is 1.41. The fourth-order valence-corrected chi connectivity index (χ4v) is 13.4. The van der Waals surface area contributed by atoms with Crippen molar-refractivity contribution in [2.45, 2.75) is 129 Å². The zero-order valence-electron chi connectivity index (χ0n) is 33.7. The summed E-state index contributed by atoms with van der Waals surface area (Å²) in [6, 6.07) is 29.7. The minimum absolute atomic E-state index is 0.0485. The van der Waals surface area contributed by atoms with Gasteiger partial charge in [-0.2, -0.15) is 0 Å². The van der Waals surface area contributed by atoms with E-state index in [1.165, 1.54) is 15.9 Å². The van der Waals surface area contributed by atoms with Crippen LogP contribution in [0, 0.1) is 5.92 Å². The first kappa shape index (κ1) is 40.6. The van der Waals surface area contributed by atoms with Crippen LogP contribution < -0.4 is 15.1 Å². The Labute approximate surface area is 316 Å². The van der Waals surface area contributed by atoms with Crippen LogP contribution in [0.1, 0.15) is 80.2 Å². The van der Waals surface area contributed by atoms with Crippen LogP contribution in [-0.2, 0) is 29.7 Å². The van der Waals surface area contributed by atoms with Crippen LogP contribution in [0.3, 0.4) is 0 Å². The van der Waals surface area contributed by atoms with Gasteiger partial charge in [-0.15, -0.1) is 0 Å². The van der Waals surface area contributed by atoms with E-state index >= 15 is 0 Å². The molecule has 0 aromatic heterocycles. The van der Waals surface area contributed by atoms with Gasteiger partial charge in [-0.3, -0.25) is 0 Å². The molecule has 0 unspecified atom stereocenters. The van der Waals surface area contributed by atoms with E-state index in [9.17, 15) is 0 Å². The first-order valence-corrected chi connectivity index (χ1v) is 24.0. The Morgan fingerprint density at radius 3 is 1.94 bits per heavy atom. The molecule has 3 aromatic rings. The molecule has 0 aliphatic carbocycles. The zero-order chi connectivity index (χ0) is 37.8. The summed E-state index contributed by atoms with van der Waals surface area (Å²) in [7, 11) is -3.24. The van der Waals surface area contributed by atoms with Gasteiger partial charge in [-0.1, -0.05) is 127 Å². The highest BCUT2D eigenvalue weighted by Gasteiger charge is 2.55. The van der Waals surface area contributed by atoms with E-state index in [0.29, 0.717) is 19.8 Å². The molecule has 3 aromatic carbocycles. The molecule has 2 aliphatic rings. The predicted octanol–water partition coefficient (Wildman–Crippen LogP) is 9.43. The molecule has 6 nitrogen and oxygen atoms in total. The van der Waals surface area contributed by atoms with Crippen molar-refractivity contribution >= 4 is 27.0 Å². The zero-order valence-corrected chi connectivity index (χ0v) is 35.7. The molecule has 0 bridgehead atoms. The first-order chi connectivity index (χ1) is 24.5. The van der Waals surface area contributed by atoms with Gasteiger partial charge in [0.2, 0.25) is 5.79 Å². The number of hydrogen-bond acceptors (Lipinski definition) is 6. The van der Waals surface area contributed by atoms with Gasteiger partial charge in [0.1, 0.15) is 11.9 Å². The van der Waals surface area contributed by atoms with Gasteiger partial charge in [0, 0.05) is 5.92 Å². The monoisotopic (exact) mass is 744 g/mol. The molecule has 0 N–H and O–H groups in total. The van der Waals surface area contributed by atoms with Gasteiger partial charge in [0.05, 0.1) is 39.1 Å². The van der Waals surface area contributed by atoms with Crippen molar-refractivity contribution in [1.82, 2.24) is 0 Å². The predicted molar refractivity (Wildman–Crippen MR) is 218 cm³/mol. The van der Waals surface area contributed by atoms with Crippen molar-refractivity contribution in [2.75, 3.05) is 20.3 Å². The molecule has 2 aliphatic heterocycles. The minimum atomic E-state index is -2.75. The maximum absolute atomic E-state index is 7.42. The third-order valence-electron chi connectivity index (χ3n) is 11.4. The number of methoxy groups -OCH3 is 1. The second kappa shape index (κ2) is 16.4. The average Bonchev–Trinajstić information content (AvgIpc) is 3.09. The van der Waals surface area contributed by atoms with Crippen molar-refractivity contribution in [2.24, 2.45) is 5.92 Å². The van der Waals surface area contributed by atoms with Crippen molar-refractivity contribution in [3.63, 3.8) is 0 Å². The second-order valence-corrected chi connectivity index (χ2v) is 26.6. The first-order valence-electron chi connectivity index (χ1n) is 19.2. The number of hydrogen-bond donors (Lipinski definition) is 0. The highest BCUT2D eigenvalue weighted by molar-refractivity contribution is 6.99. The van der Waals surface area contributed by atoms with E-state index in [1.54, 1.807) is 7.11 Å². The molecule has 5 atom stereocenters.